The van der Waals surface area contributed by atoms with Crippen molar-refractivity contribution in [3.63, 3.8) is 0 Å². The SMILES string of the molecule is N#Cc1cc2cnc(C(=O)N[C@@H]3C[C@H]4CCN(C4)C3)cc2o1. The zero-order valence-electron chi connectivity index (χ0n) is 12.1. The monoisotopic (exact) mass is 296 g/mol. The van der Waals surface area contributed by atoms with E-state index in [1.165, 1.54) is 13.0 Å². The third kappa shape index (κ3) is 2.34. The number of nitrogens with zero attached hydrogens (tertiary/aromatic N) is 3. The lowest BCUT2D eigenvalue weighted by Gasteiger charge is -2.30. The number of nitrogens with one attached hydrogen (secondary N) is 1. The van der Waals surface area contributed by atoms with E-state index in [-0.39, 0.29) is 17.7 Å². The van der Waals surface area contributed by atoms with Crippen molar-refractivity contribution in [2.24, 2.45) is 5.92 Å². The fourth-order valence-corrected chi connectivity index (χ4v) is 3.54. The van der Waals surface area contributed by atoms with Crippen LogP contribution >= 0.6 is 0 Å². The molecule has 2 saturated heterocycles. The van der Waals surface area contributed by atoms with Crippen LogP contribution in [0.15, 0.2) is 22.7 Å². The summed E-state index contributed by atoms with van der Waals surface area (Å²) in [6.45, 7) is 3.23. The van der Waals surface area contributed by atoms with Crippen LogP contribution in [0.4, 0.5) is 0 Å². The highest BCUT2D eigenvalue weighted by Gasteiger charge is 2.33. The molecule has 0 aliphatic carbocycles. The van der Waals surface area contributed by atoms with Crippen LogP contribution in [0.2, 0.25) is 0 Å². The van der Waals surface area contributed by atoms with E-state index in [1.807, 2.05) is 6.07 Å². The van der Waals surface area contributed by atoms with Crippen molar-refractivity contribution in [1.29, 1.82) is 5.26 Å². The average molecular weight is 296 g/mol. The molecule has 0 spiro atoms. The van der Waals surface area contributed by atoms with Gasteiger partial charge in [0.2, 0.25) is 5.76 Å². The van der Waals surface area contributed by atoms with Crippen molar-refractivity contribution in [1.82, 2.24) is 15.2 Å². The zero-order valence-corrected chi connectivity index (χ0v) is 12.1. The highest BCUT2D eigenvalue weighted by Crippen LogP contribution is 2.27. The molecule has 4 heterocycles. The normalized spacial score (nSPS) is 26.8. The Morgan fingerprint density at radius 2 is 2.36 bits per heavy atom. The van der Waals surface area contributed by atoms with Gasteiger partial charge in [-0.25, -0.2) is 0 Å². The van der Waals surface area contributed by atoms with Crippen molar-refractivity contribution in [2.75, 3.05) is 19.6 Å². The minimum atomic E-state index is -0.177. The number of carbonyl (C=O) groups is 1. The van der Waals surface area contributed by atoms with Gasteiger partial charge in [0.15, 0.2) is 0 Å². The quantitative estimate of drug-likeness (QED) is 0.908. The molecule has 22 heavy (non-hydrogen) atoms. The maximum absolute atomic E-state index is 12.4. The van der Waals surface area contributed by atoms with Gasteiger partial charge in [0.25, 0.3) is 5.91 Å². The first-order chi connectivity index (χ1) is 10.7. The maximum atomic E-state index is 12.4. The third-order valence-corrected chi connectivity index (χ3v) is 4.55. The molecule has 2 bridgehead atoms. The van der Waals surface area contributed by atoms with Gasteiger partial charge in [-0.1, -0.05) is 0 Å². The van der Waals surface area contributed by atoms with Crippen molar-refractivity contribution in [2.45, 2.75) is 18.9 Å². The van der Waals surface area contributed by atoms with Gasteiger partial charge in [-0.2, -0.15) is 5.26 Å². The van der Waals surface area contributed by atoms with Crippen LogP contribution in [0.5, 0.6) is 0 Å². The standard InChI is InChI=1S/C16H16N4O2/c17-6-13-4-11-7-18-14(5-15(11)22-13)16(21)19-12-3-10-1-2-20(8-10)9-12/h4-5,7,10,12H,1-3,8-9H2,(H,19,21)/t10-,12-/m1/s1. The van der Waals surface area contributed by atoms with Gasteiger partial charge in [-0.15, -0.1) is 0 Å². The number of hydrogen-bond acceptors (Lipinski definition) is 5. The first kappa shape index (κ1) is 13.3. The number of piperidine rings is 1. The van der Waals surface area contributed by atoms with Crippen LogP contribution in [-0.4, -0.2) is 41.5 Å². The number of rotatable bonds is 2. The Hall–Kier alpha value is -2.39. The van der Waals surface area contributed by atoms with E-state index in [2.05, 4.69) is 15.2 Å². The summed E-state index contributed by atoms with van der Waals surface area (Å²) >= 11 is 0. The van der Waals surface area contributed by atoms with Crippen LogP contribution in [0, 0.1) is 17.2 Å². The summed E-state index contributed by atoms with van der Waals surface area (Å²) < 4.78 is 5.35. The Kier molecular flexibility index (Phi) is 3.09. The second-order valence-corrected chi connectivity index (χ2v) is 6.15. The molecule has 6 heteroatoms. The van der Waals surface area contributed by atoms with Crippen LogP contribution < -0.4 is 5.32 Å². The molecule has 2 aromatic heterocycles. The Morgan fingerprint density at radius 1 is 1.45 bits per heavy atom. The number of nitriles is 1. The van der Waals surface area contributed by atoms with Crippen LogP contribution in [0.1, 0.15) is 29.1 Å². The topological polar surface area (TPSA) is 82.2 Å². The van der Waals surface area contributed by atoms with Crippen LogP contribution in [0.3, 0.4) is 0 Å². The number of carbonyl (C=O) groups excluding carboxylic acids is 1. The molecule has 0 aromatic carbocycles. The average Bonchev–Trinajstić information content (AvgIpc) is 3.09. The van der Waals surface area contributed by atoms with Gasteiger partial charge in [-0.3, -0.25) is 9.78 Å². The lowest BCUT2D eigenvalue weighted by molar-refractivity contribution is 0.0904. The van der Waals surface area contributed by atoms with Crippen molar-refractivity contribution < 1.29 is 9.21 Å². The lowest BCUT2D eigenvalue weighted by atomic mass is 9.97. The molecule has 4 rings (SSSR count). The predicted octanol–water partition coefficient (Wildman–Crippen LogP) is 1.52. The van der Waals surface area contributed by atoms with Crippen molar-refractivity contribution >= 4 is 16.9 Å². The highest BCUT2D eigenvalue weighted by atomic mass is 16.3. The van der Waals surface area contributed by atoms with Gasteiger partial charge in [0.1, 0.15) is 17.3 Å². The number of fused-ring (bicyclic) bond motifs is 3. The molecule has 1 unspecified atom stereocenters. The molecular formula is C16H16N4O2. The Labute approximate surface area is 127 Å². The van der Waals surface area contributed by atoms with E-state index in [4.69, 9.17) is 9.68 Å². The summed E-state index contributed by atoms with van der Waals surface area (Å²) in [4.78, 5) is 19.0. The summed E-state index contributed by atoms with van der Waals surface area (Å²) in [6, 6.07) is 5.36. The summed E-state index contributed by atoms with van der Waals surface area (Å²) in [6.07, 6.45) is 3.85. The predicted molar refractivity (Wildman–Crippen MR) is 79.1 cm³/mol. The minimum absolute atomic E-state index is 0.177. The highest BCUT2D eigenvalue weighted by molar-refractivity contribution is 5.95. The molecule has 0 radical (unpaired) electrons. The van der Waals surface area contributed by atoms with Gasteiger partial charge in [0, 0.05) is 42.8 Å². The smallest absolute Gasteiger partial charge is 0.270 e. The molecule has 1 amide bonds. The Morgan fingerprint density at radius 3 is 3.18 bits per heavy atom. The van der Waals surface area contributed by atoms with Gasteiger partial charge < -0.3 is 14.6 Å². The largest absolute Gasteiger partial charge is 0.445 e. The van der Waals surface area contributed by atoms with Crippen LogP contribution in [0.25, 0.3) is 11.0 Å². The molecule has 6 nitrogen and oxygen atoms in total. The molecular weight excluding hydrogens is 280 g/mol. The van der Waals surface area contributed by atoms with E-state index < -0.39 is 0 Å². The molecule has 3 atom stereocenters. The molecule has 2 fully saturated rings. The third-order valence-electron chi connectivity index (χ3n) is 4.55. The van der Waals surface area contributed by atoms with Crippen molar-refractivity contribution in [3.05, 3.63) is 29.8 Å². The first-order valence-corrected chi connectivity index (χ1v) is 7.54. The van der Waals surface area contributed by atoms with E-state index in [1.54, 1.807) is 18.3 Å². The van der Waals surface area contributed by atoms with Gasteiger partial charge >= 0.3 is 0 Å². The second-order valence-electron chi connectivity index (χ2n) is 6.15. The van der Waals surface area contributed by atoms with Gasteiger partial charge in [-0.05, 0) is 25.3 Å². The fourth-order valence-electron chi connectivity index (χ4n) is 3.54. The Bertz CT molecular complexity index is 764. The van der Waals surface area contributed by atoms with E-state index in [0.717, 1.165) is 24.9 Å². The number of amides is 1. The first-order valence-electron chi connectivity index (χ1n) is 7.54. The summed E-state index contributed by atoms with van der Waals surface area (Å²) in [5, 5.41) is 12.6. The Balaban J connectivity index is 1.51. The maximum Gasteiger partial charge on any atom is 0.270 e. The molecule has 0 saturated carbocycles. The molecule has 2 aromatic rings. The number of pyridine rings is 1. The zero-order chi connectivity index (χ0) is 15.1. The summed E-state index contributed by atoms with van der Waals surface area (Å²) in [5.74, 6) is 0.757. The number of aromatic nitrogens is 1. The van der Waals surface area contributed by atoms with E-state index in [0.29, 0.717) is 17.2 Å². The molecule has 112 valence electrons. The molecule has 2 aliphatic rings. The molecule has 2 aliphatic heterocycles. The van der Waals surface area contributed by atoms with E-state index >= 15 is 0 Å². The van der Waals surface area contributed by atoms with E-state index in [9.17, 15) is 4.79 Å². The van der Waals surface area contributed by atoms with Crippen LogP contribution in [-0.2, 0) is 0 Å². The fraction of sp³-hybridized carbons (Fsp3) is 0.438. The van der Waals surface area contributed by atoms with Crippen molar-refractivity contribution in [3.8, 4) is 6.07 Å². The number of hydrogen-bond donors (Lipinski definition) is 1. The lowest BCUT2D eigenvalue weighted by Crippen LogP contribution is -2.47. The summed E-state index contributed by atoms with van der Waals surface area (Å²) in [5.41, 5.74) is 0.850. The number of furan rings is 1. The summed E-state index contributed by atoms with van der Waals surface area (Å²) in [7, 11) is 0. The van der Waals surface area contributed by atoms with Gasteiger partial charge in [0.05, 0.1) is 0 Å². The second kappa shape index (κ2) is 5.11. The minimum Gasteiger partial charge on any atom is -0.445 e. The molecule has 1 N–H and O–H groups in total.